The summed E-state index contributed by atoms with van der Waals surface area (Å²) in [6.07, 6.45) is 3.86. The van der Waals surface area contributed by atoms with Crippen molar-refractivity contribution in [3.05, 3.63) is 42.5 Å². The van der Waals surface area contributed by atoms with E-state index in [1.165, 1.54) is 6.07 Å². The molecule has 0 aromatic heterocycles. The van der Waals surface area contributed by atoms with E-state index < -0.39 is 10.0 Å². The minimum Gasteiger partial charge on any atom is -0.357 e. The Balaban J connectivity index is 2.82. The number of hydrogen-bond donors (Lipinski definition) is 2. The third-order valence-electron chi connectivity index (χ3n) is 3.24. The number of nitrogens with one attached hydrogen (secondary N) is 1. The van der Waals surface area contributed by atoms with Crippen LogP contribution < -0.4 is 10.5 Å². The summed E-state index contributed by atoms with van der Waals surface area (Å²) in [6.45, 7) is 7.75. The first kappa shape index (κ1) is 19.2. The standard InChI is InChI=1S/C16H26N4O2S/c1-4-6-7-11-20(3)16(18-5-2)19-13-14-9-8-10-15(12-14)23(17,21)22/h4,8-10,12H,1,5-7,11,13H2,2-3H3,(H,18,19)(H2,17,21,22). The van der Waals surface area contributed by atoms with Gasteiger partial charge in [-0.1, -0.05) is 18.2 Å². The highest BCUT2D eigenvalue weighted by molar-refractivity contribution is 7.89. The minimum absolute atomic E-state index is 0.106. The number of primary sulfonamides is 1. The number of nitrogens with zero attached hydrogens (tertiary/aromatic N) is 2. The van der Waals surface area contributed by atoms with Gasteiger partial charge in [-0.2, -0.15) is 0 Å². The van der Waals surface area contributed by atoms with Gasteiger partial charge in [-0.05, 0) is 37.5 Å². The fraction of sp³-hybridized carbons (Fsp3) is 0.438. The summed E-state index contributed by atoms with van der Waals surface area (Å²) in [7, 11) is -1.71. The van der Waals surface area contributed by atoms with Gasteiger partial charge in [0.1, 0.15) is 0 Å². The molecule has 1 aromatic carbocycles. The van der Waals surface area contributed by atoms with Crippen LogP contribution in [-0.2, 0) is 16.6 Å². The van der Waals surface area contributed by atoms with Crippen LogP contribution in [0.5, 0.6) is 0 Å². The summed E-state index contributed by atoms with van der Waals surface area (Å²) in [6, 6.07) is 6.54. The predicted molar refractivity (Wildman–Crippen MR) is 94.7 cm³/mol. The molecule has 7 heteroatoms. The van der Waals surface area contributed by atoms with Crippen LogP contribution in [0.15, 0.2) is 46.8 Å². The number of guanidine groups is 1. The van der Waals surface area contributed by atoms with Crippen LogP contribution in [-0.4, -0.2) is 39.4 Å². The Kier molecular flexibility index (Phi) is 7.77. The van der Waals surface area contributed by atoms with Crippen LogP contribution in [0.4, 0.5) is 0 Å². The lowest BCUT2D eigenvalue weighted by atomic mass is 10.2. The number of allylic oxidation sites excluding steroid dienone is 1. The average molecular weight is 338 g/mol. The van der Waals surface area contributed by atoms with Gasteiger partial charge in [0, 0.05) is 20.1 Å². The zero-order chi connectivity index (χ0) is 17.3. The van der Waals surface area contributed by atoms with E-state index in [0.717, 1.165) is 37.5 Å². The first-order valence-electron chi connectivity index (χ1n) is 7.60. The van der Waals surface area contributed by atoms with Crippen LogP contribution in [0.2, 0.25) is 0 Å². The molecule has 0 unspecified atom stereocenters. The molecule has 128 valence electrons. The molecule has 0 aliphatic carbocycles. The van der Waals surface area contributed by atoms with E-state index in [1.54, 1.807) is 12.1 Å². The van der Waals surface area contributed by atoms with Crippen LogP contribution in [0.25, 0.3) is 0 Å². The highest BCUT2D eigenvalue weighted by Crippen LogP contribution is 2.11. The highest BCUT2D eigenvalue weighted by atomic mass is 32.2. The topological polar surface area (TPSA) is 87.8 Å². The molecule has 0 fully saturated rings. The van der Waals surface area contributed by atoms with Gasteiger partial charge >= 0.3 is 0 Å². The van der Waals surface area contributed by atoms with E-state index in [-0.39, 0.29) is 4.90 Å². The van der Waals surface area contributed by atoms with Crippen LogP contribution >= 0.6 is 0 Å². The third-order valence-corrected chi connectivity index (χ3v) is 4.15. The largest absolute Gasteiger partial charge is 0.357 e. The zero-order valence-corrected chi connectivity index (χ0v) is 14.6. The molecule has 0 aliphatic heterocycles. The van der Waals surface area contributed by atoms with Crippen LogP contribution in [0.1, 0.15) is 25.3 Å². The van der Waals surface area contributed by atoms with Gasteiger partial charge in [0.25, 0.3) is 0 Å². The molecular weight excluding hydrogens is 312 g/mol. The SMILES string of the molecule is C=CCCCN(C)C(=NCc1cccc(S(N)(=O)=O)c1)NCC. The maximum Gasteiger partial charge on any atom is 0.238 e. The van der Waals surface area contributed by atoms with E-state index >= 15 is 0 Å². The van der Waals surface area contributed by atoms with Crippen molar-refractivity contribution < 1.29 is 8.42 Å². The Morgan fingerprint density at radius 2 is 2.22 bits per heavy atom. The molecule has 0 amide bonds. The fourth-order valence-electron chi connectivity index (χ4n) is 2.04. The quantitative estimate of drug-likeness (QED) is 0.327. The summed E-state index contributed by atoms with van der Waals surface area (Å²) in [5.41, 5.74) is 0.798. The van der Waals surface area contributed by atoms with Gasteiger partial charge < -0.3 is 10.2 Å². The number of unbranched alkanes of at least 4 members (excludes halogenated alkanes) is 1. The minimum atomic E-state index is -3.69. The van der Waals surface area contributed by atoms with E-state index in [4.69, 9.17) is 5.14 Å². The number of hydrogen-bond acceptors (Lipinski definition) is 3. The Bertz CT molecular complexity index is 641. The van der Waals surface area contributed by atoms with Crippen molar-refractivity contribution in [2.24, 2.45) is 10.1 Å². The first-order chi connectivity index (χ1) is 10.9. The summed E-state index contributed by atoms with van der Waals surface area (Å²) in [4.78, 5) is 6.71. The van der Waals surface area contributed by atoms with Crippen molar-refractivity contribution in [3.8, 4) is 0 Å². The van der Waals surface area contributed by atoms with Crippen molar-refractivity contribution in [1.29, 1.82) is 0 Å². The lowest BCUT2D eigenvalue weighted by Crippen LogP contribution is -2.39. The lowest BCUT2D eigenvalue weighted by Gasteiger charge is -2.21. The van der Waals surface area contributed by atoms with E-state index in [1.807, 2.05) is 26.1 Å². The second-order valence-corrected chi connectivity index (χ2v) is 6.78. The van der Waals surface area contributed by atoms with Crippen molar-refractivity contribution in [2.45, 2.75) is 31.2 Å². The second-order valence-electron chi connectivity index (χ2n) is 5.22. The number of nitrogens with two attached hydrogens (primary N) is 1. The Hall–Kier alpha value is -1.86. The highest BCUT2D eigenvalue weighted by Gasteiger charge is 2.08. The molecule has 0 saturated carbocycles. The molecule has 0 aliphatic rings. The number of aliphatic imine (C=N–C) groups is 1. The summed E-state index contributed by atoms with van der Waals surface area (Å²) in [5, 5.41) is 8.38. The van der Waals surface area contributed by atoms with Gasteiger partial charge in [-0.3, -0.25) is 0 Å². The van der Waals surface area contributed by atoms with Crippen LogP contribution in [0.3, 0.4) is 0 Å². The van der Waals surface area contributed by atoms with E-state index in [0.29, 0.717) is 6.54 Å². The zero-order valence-electron chi connectivity index (χ0n) is 13.8. The molecule has 0 heterocycles. The van der Waals surface area contributed by atoms with Gasteiger partial charge in [0.15, 0.2) is 5.96 Å². The normalized spacial score (nSPS) is 12.0. The molecule has 3 N–H and O–H groups in total. The molecule has 0 atom stereocenters. The molecule has 0 bridgehead atoms. The van der Waals surface area contributed by atoms with Gasteiger partial charge in [-0.25, -0.2) is 18.5 Å². The second kappa shape index (κ2) is 9.32. The maximum atomic E-state index is 11.4. The van der Waals surface area contributed by atoms with Gasteiger partial charge in [0.2, 0.25) is 10.0 Å². The Morgan fingerprint density at radius 1 is 1.48 bits per heavy atom. The number of rotatable bonds is 8. The molecule has 0 radical (unpaired) electrons. The molecule has 23 heavy (non-hydrogen) atoms. The van der Waals surface area contributed by atoms with Crippen molar-refractivity contribution in [1.82, 2.24) is 10.2 Å². The maximum absolute atomic E-state index is 11.4. The molecule has 1 rings (SSSR count). The van der Waals surface area contributed by atoms with E-state index in [2.05, 4.69) is 21.8 Å². The van der Waals surface area contributed by atoms with Crippen molar-refractivity contribution >= 4 is 16.0 Å². The van der Waals surface area contributed by atoms with Gasteiger partial charge in [-0.15, -0.1) is 6.58 Å². The summed E-state index contributed by atoms with van der Waals surface area (Å²) >= 11 is 0. The lowest BCUT2D eigenvalue weighted by molar-refractivity contribution is 0.470. The first-order valence-corrected chi connectivity index (χ1v) is 9.15. The Labute approximate surface area is 139 Å². The average Bonchev–Trinajstić information content (AvgIpc) is 2.51. The predicted octanol–water partition coefficient (Wildman–Crippen LogP) is 1.70. The third kappa shape index (κ3) is 6.83. The summed E-state index contributed by atoms with van der Waals surface area (Å²) < 4.78 is 22.8. The Morgan fingerprint density at radius 3 is 2.83 bits per heavy atom. The van der Waals surface area contributed by atoms with Gasteiger partial charge in [0.05, 0.1) is 11.4 Å². The molecule has 0 spiro atoms. The van der Waals surface area contributed by atoms with Crippen LogP contribution in [0, 0.1) is 0 Å². The number of sulfonamides is 1. The molecule has 1 aromatic rings. The molecule has 0 saturated heterocycles. The molecular formula is C16H26N4O2S. The molecule has 6 nitrogen and oxygen atoms in total. The fourth-order valence-corrected chi connectivity index (χ4v) is 2.62. The summed E-state index contributed by atoms with van der Waals surface area (Å²) in [5.74, 6) is 0.789. The number of benzene rings is 1. The monoisotopic (exact) mass is 338 g/mol. The van der Waals surface area contributed by atoms with E-state index in [9.17, 15) is 8.42 Å². The smallest absolute Gasteiger partial charge is 0.238 e. The van der Waals surface area contributed by atoms with Crippen molar-refractivity contribution in [2.75, 3.05) is 20.1 Å². The van der Waals surface area contributed by atoms with Crippen molar-refractivity contribution in [3.63, 3.8) is 0 Å².